The van der Waals surface area contributed by atoms with Gasteiger partial charge in [-0.1, -0.05) is 70.2 Å². The molecule has 6 aliphatic heterocycles. The van der Waals surface area contributed by atoms with Crippen molar-refractivity contribution in [2.75, 3.05) is 62.3 Å². The van der Waals surface area contributed by atoms with E-state index in [1.165, 1.54) is 16.1 Å². The largest absolute Gasteiger partial charge is 0.508 e. The number of hydrazine groups is 2. The molecule has 490 valence electrons. The molecule has 8 atom stereocenters. The number of ether oxygens (including phenoxy) is 4. The van der Waals surface area contributed by atoms with Crippen LogP contribution in [0.5, 0.6) is 11.5 Å². The van der Waals surface area contributed by atoms with E-state index in [0.717, 1.165) is 57.7 Å². The second-order valence-electron chi connectivity index (χ2n) is 28.0. The molecule has 92 heavy (non-hydrogen) atoms. The van der Waals surface area contributed by atoms with Crippen LogP contribution >= 0.6 is 0 Å². The third-order valence-electron chi connectivity index (χ3n) is 17.4. The molecular formula is C70H88N10O12. The van der Waals surface area contributed by atoms with E-state index in [1.54, 1.807) is 65.8 Å². The molecule has 4 unspecified atom stereocenters. The maximum Gasteiger partial charge on any atom is 0.408 e. The van der Waals surface area contributed by atoms with Crippen molar-refractivity contribution >= 4 is 47.3 Å². The van der Waals surface area contributed by atoms with E-state index in [2.05, 4.69) is 81.5 Å². The number of cyclic esters (lactones) is 2. The van der Waals surface area contributed by atoms with Crippen LogP contribution in [-0.4, -0.2) is 144 Å². The number of fused-ring (bicyclic) bond motifs is 12. The van der Waals surface area contributed by atoms with Crippen molar-refractivity contribution < 1.29 is 57.9 Å². The molecule has 0 radical (unpaired) electrons. The number of nitriles is 2. The number of hydrogen-bond donors (Lipinski definition) is 6. The average Bonchev–Trinajstić information content (AvgIpc) is 1.60. The van der Waals surface area contributed by atoms with Gasteiger partial charge in [-0.25, -0.2) is 20.4 Å². The number of carbonyl (C=O) groups is 6. The molecule has 0 aromatic heterocycles. The van der Waals surface area contributed by atoms with Crippen LogP contribution in [0.15, 0.2) is 84.9 Å². The van der Waals surface area contributed by atoms with Gasteiger partial charge in [0.25, 0.3) is 11.8 Å². The molecule has 4 amide bonds. The fraction of sp³-hybridized carbons (Fsp3) is 0.514. The molecule has 22 nitrogen and oxygen atoms in total. The van der Waals surface area contributed by atoms with Crippen molar-refractivity contribution in [1.82, 2.24) is 31.5 Å². The number of benzene rings is 4. The smallest absolute Gasteiger partial charge is 0.408 e. The summed E-state index contributed by atoms with van der Waals surface area (Å²) < 4.78 is 22.5. The maximum absolute atomic E-state index is 13.9. The Balaban J connectivity index is 0.000000217. The molecule has 22 heteroatoms. The van der Waals surface area contributed by atoms with Gasteiger partial charge in [0, 0.05) is 98.6 Å². The number of allylic oxidation sites excluding steroid dienone is 1. The minimum atomic E-state index is -1.05. The summed E-state index contributed by atoms with van der Waals surface area (Å²) in [5.41, 5.74) is 12.7. The number of anilines is 2. The average molecular weight is 1260 g/mol. The van der Waals surface area contributed by atoms with Gasteiger partial charge in [-0.15, -0.1) is 0 Å². The molecule has 0 saturated carbocycles. The Labute approximate surface area is 539 Å². The van der Waals surface area contributed by atoms with Gasteiger partial charge in [0.15, 0.2) is 0 Å². The Hall–Kier alpha value is -8.86. The number of aromatic hydroxyl groups is 2. The van der Waals surface area contributed by atoms with E-state index < -0.39 is 76.7 Å². The van der Waals surface area contributed by atoms with Crippen molar-refractivity contribution in [3.05, 3.63) is 107 Å². The fourth-order valence-corrected chi connectivity index (χ4v) is 13.1. The Morgan fingerprint density at radius 2 is 1.12 bits per heavy atom. The lowest BCUT2D eigenvalue weighted by Crippen LogP contribution is -2.60. The zero-order valence-electron chi connectivity index (χ0n) is 54.5. The summed E-state index contributed by atoms with van der Waals surface area (Å²) in [5.74, 6) is -1.67. The van der Waals surface area contributed by atoms with Gasteiger partial charge >= 0.3 is 24.1 Å². The highest BCUT2D eigenvalue weighted by molar-refractivity contribution is 5.88. The topological polar surface area (TPSA) is 288 Å². The Morgan fingerprint density at radius 3 is 1.58 bits per heavy atom. The number of hydrogen-bond acceptors (Lipinski definition) is 18. The zero-order chi connectivity index (χ0) is 66.5. The van der Waals surface area contributed by atoms with Crippen LogP contribution in [0, 0.1) is 34.5 Å². The van der Waals surface area contributed by atoms with Crippen molar-refractivity contribution in [2.45, 2.75) is 167 Å². The quantitative estimate of drug-likeness (QED) is 0.0617. The van der Waals surface area contributed by atoms with Gasteiger partial charge in [0.2, 0.25) is 0 Å². The van der Waals surface area contributed by atoms with Gasteiger partial charge in [-0.05, 0) is 155 Å². The van der Waals surface area contributed by atoms with Crippen molar-refractivity contribution in [2.24, 2.45) is 11.8 Å². The Bertz CT molecular complexity index is 3570. The number of carbonyl (C=O) groups excluding carboxylic acids is 6. The third kappa shape index (κ3) is 16.6. The molecule has 6 aliphatic rings. The van der Waals surface area contributed by atoms with Crippen molar-refractivity contribution in [1.29, 1.82) is 10.5 Å². The number of nitrogens with zero attached hydrogens (tertiary/aromatic N) is 6. The predicted octanol–water partition coefficient (Wildman–Crippen LogP) is 8.91. The summed E-state index contributed by atoms with van der Waals surface area (Å²) in [6, 6.07) is 23.6. The SMILES string of the molecule is C[C@@H]1COC(=O)[C@@H]2CCCN(N2)C(=O)C(NC(=O)OC(C)(C)C)Cc2cc(O)cc(c2)-c2ccc3c(c2)N(C1)CC3(C)/C=C/C#N.C[C@@H]1COC(=O)[C@@H]2CCCN(N2)C(=O)C(NC(=O)OC(C)(C)C)Cc2cc(O)cc(c2)-c2ccc3c(c2)N(C1)CC3(C)CCC#N. The number of amides is 4. The van der Waals surface area contributed by atoms with Crippen LogP contribution in [0.25, 0.3) is 22.3 Å². The first-order valence-electron chi connectivity index (χ1n) is 31.9. The molecule has 6 heterocycles. The molecule has 2 saturated heterocycles. The number of nitrogens with one attached hydrogen (secondary N) is 4. The van der Waals surface area contributed by atoms with E-state index in [9.17, 15) is 49.5 Å². The highest BCUT2D eigenvalue weighted by Crippen LogP contribution is 2.47. The molecule has 0 aliphatic carbocycles. The fourth-order valence-electron chi connectivity index (χ4n) is 13.1. The Kier molecular flexibility index (Phi) is 20.5. The molecule has 2 fully saturated rings. The number of phenolic OH excluding ortho intramolecular Hbond substituents is 2. The first-order chi connectivity index (χ1) is 43.5. The van der Waals surface area contributed by atoms with Crippen LogP contribution in [0.3, 0.4) is 0 Å². The summed E-state index contributed by atoms with van der Waals surface area (Å²) in [7, 11) is 0. The number of esters is 2. The number of phenols is 2. The summed E-state index contributed by atoms with van der Waals surface area (Å²) in [5, 5.41) is 48.5. The van der Waals surface area contributed by atoms with Crippen LogP contribution in [-0.2, 0) is 61.8 Å². The molecule has 4 aromatic carbocycles. The predicted molar refractivity (Wildman–Crippen MR) is 346 cm³/mol. The standard InChI is InChI=1S/C35H45N5O6.C35H43N5O6/c2*1-22-19-39-21-35(5,11-7-12-36)27-10-9-24(18-30(27)39)25-14-23(15-26(41)17-25)16-29(37-33(44)46-34(2,3)4)31(42)40-13-6-8-28(38-40)32(43)45-20-22/h9-10,14-15,17-18,22,28-29,38,41H,6-8,11,13,16,19-21H2,1-5H3,(H,37,44);7,9-11,14-15,17-18,22,28-29,38,41H,6,8,13,16,19-21H2,1-5H3,(H,37,44)/b;11-7+/t2*22-,28-,29?,35?/m00/s1. The van der Waals surface area contributed by atoms with E-state index in [1.807, 2.05) is 44.2 Å². The maximum atomic E-state index is 13.9. The van der Waals surface area contributed by atoms with Crippen LogP contribution in [0.4, 0.5) is 21.0 Å². The summed E-state index contributed by atoms with van der Waals surface area (Å²) >= 11 is 0. The first kappa shape index (κ1) is 67.5. The van der Waals surface area contributed by atoms with E-state index >= 15 is 0 Å². The van der Waals surface area contributed by atoms with Gasteiger partial charge in [0.05, 0.1) is 25.4 Å². The van der Waals surface area contributed by atoms with Crippen molar-refractivity contribution in [3.8, 4) is 45.9 Å². The molecule has 12 bridgehead atoms. The van der Waals surface area contributed by atoms with Crippen LogP contribution < -0.4 is 31.3 Å². The minimum Gasteiger partial charge on any atom is -0.508 e. The molecular weight excluding hydrogens is 1170 g/mol. The van der Waals surface area contributed by atoms with E-state index in [4.69, 9.17) is 18.9 Å². The molecule has 6 N–H and O–H groups in total. The normalized spacial score (nSPS) is 25.3. The van der Waals surface area contributed by atoms with E-state index in [-0.39, 0.29) is 54.8 Å². The van der Waals surface area contributed by atoms with Gasteiger partial charge in [-0.2, -0.15) is 10.5 Å². The highest BCUT2D eigenvalue weighted by atomic mass is 16.6. The third-order valence-corrected chi connectivity index (χ3v) is 17.4. The Morgan fingerprint density at radius 1 is 0.663 bits per heavy atom. The minimum absolute atomic E-state index is 0.00811. The summed E-state index contributed by atoms with van der Waals surface area (Å²) in [6.45, 7) is 22.5. The zero-order valence-corrected chi connectivity index (χ0v) is 54.5. The van der Waals surface area contributed by atoms with Crippen molar-refractivity contribution in [3.63, 3.8) is 0 Å². The van der Waals surface area contributed by atoms with Crippen LogP contribution in [0.1, 0.15) is 130 Å². The number of alkyl carbamates (subject to hydrolysis) is 2. The number of rotatable bonds is 5. The molecule has 0 spiro atoms. The van der Waals surface area contributed by atoms with Gasteiger partial charge < -0.3 is 49.6 Å². The molecule has 4 aromatic rings. The first-order valence-corrected chi connectivity index (χ1v) is 31.9. The van der Waals surface area contributed by atoms with Gasteiger partial charge in [-0.3, -0.25) is 29.2 Å². The molecule has 10 rings (SSSR count). The van der Waals surface area contributed by atoms with Gasteiger partial charge in [0.1, 0.15) is 46.9 Å². The summed E-state index contributed by atoms with van der Waals surface area (Å²) in [6.07, 6.45) is 5.42. The second-order valence-corrected chi connectivity index (χ2v) is 28.0. The second kappa shape index (κ2) is 27.9. The lowest BCUT2D eigenvalue weighted by Gasteiger charge is -2.35. The van der Waals surface area contributed by atoms with Crippen LogP contribution in [0.2, 0.25) is 0 Å². The highest BCUT2D eigenvalue weighted by Gasteiger charge is 2.42. The lowest BCUT2D eigenvalue weighted by molar-refractivity contribution is -0.154. The van der Waals surface area contributed by atoms with E-state index in [0.29, 0.717) is 76.0 Å². The summed E-state index contributed by atoms with van der Waals surface area (Å²) in [4.78, 5) is 84.5. The lowest BCUT2D eigenvalue weighted by atomic mass is 9.80. The monoisotopic (exact) mass is 1260 g/mol.